The lowest BCUT2D eigenvalue weighted by atomic mass is 9.98. The Balaban J connectivity index is 1.64. The van der Waals surface area contributed by atoms with Gasteiger partial charge in [-0.2, -0.15) is 0 Å². The lowest BCUT2D eigenvalue weighted by molar-refractivity contribution is -0.137. The fourth-order valence-corrected chi connectivity index (χ4v) is 4.38. The fourth-order valence-electron chi connectivity index (χ4n) is 4.38. The monoisotopic (exact) mass is 452 g/mol. The third-order valence-electron chi connectivity index (χ3n) is 5.97. The van der Waals surface area contributed by atoms with E-state index in [0.29, 0.717) is 6.42 Å². The molecule has 176 valence electrons. The predicted molar refractivity (Wildman–Crippen MR) is 126 cm³/mol. The number of aliphatic carboxylic acids is 1. The van der Waals surface area contributed by atoms with Crippen LogP contribution < -0.4 is 10.6 Å². The number of carboxylic acids is 1. The molecule has 0 saturated heterocycles. The molecule has 0 spiro atoms. The third kappa shape index (κ3) is 5.92. The van der Waals surface area contributed by atoms with Gasteiger partial charge in [-0.25, -0.2) is 4.79 Å². The average molecular weight is 453 g/mol. The standard InChI is InChI=1S/C26H32N2O5/c1-4-9-17(14-23(29)30)27-25(31)24(16(2)3)28-26(32)33-15-22-20-12-7-5-10-18(20)19-11-6-8-13-21(19)22/h5-8,10-13,16-17,22,24H,4,9,14-15H2,1-3H3,(H,27,31)(H,28,32)(H,29,30)/t17-,24-/m0/s1. The maximum absolute atomic E-state index is 12.8. The van der Waals surface area contributed by atoms with Crippen molar-refractivity contribution < 1.29 is 24.2 Å². The van der Waals surface area contributed by atoms with Crippen LogP contribution in [0.25, 0.3) is 11.1 Å². The zero-order valence-corrected chi connectivity index (χ0v) is 19.3. The van der Waals surface area contributed by atoms with Gasteiger partial charge in [0, 0.05) is 12.0 Å². The molecule has 0 saturated carbocycles. The molecule has 1 aliphatic carbocycles. The van der Waals surface area contributed by atoms with Gasteiger partial charge in [0.2, 0.25) is 5.91 Å². The SMILES string of the molecule is CCC[C@@H](CC(=O)O)NC(=O)[C@@H](NC(=O)OCC1c2ccccc2-c2ccccc21)C(C)C. The third-order valence-corrected chi connectivity index (χ3v) is 5.97. The highest BCUT2D eigenvalue weighted by molar-refractivity contribution is 5.86. The minimum atomic E-state index is -0.973. The molecule has 0 aromatic heterocycles. The van der Waals surface area contributed by atoms with Crippen LogP contribution in [0.4, 0.5) is 4.79 Å². The fraction of sp³-hybridized carbons (Fsp3) is 0.423. The van der Waals surface area contributed by atoms with Crippen LogP contribution in [-0.4, -0.2) is 41.8 Å². The van der Waals surface area contributed by atoms with Crippen LogP contribution in [0.2, 0.25) is 0 Å². The van der Waals surface area contributed by atoms with E-state index in [4.69, 9.17) is 9.84 Å². The van der Waals surface area contributed by atoms with Crippen LogP contribution >= 0.6 is 0 Å². The van der Waals surface area contributed by atoms with Crippen molar-refractivity contribution in [2.24, 2.45) is 5.92 Å². The normalized spacial score (nSPS) is 14.2. The minimum absolute atomic E-state index is 0.0704. The van der Waals surface area contributed by atoms with E-state index in [1.165, 1.54) is 0 Å². The summed E-state index contributed by atoms with van der Waals surface area (Å²) in [5, 5.41) is 14.5. The Hall–Kier alpha value is -3.35. The summed E-state index contributed by atoms with van der Waals surface area (Å²) in [6.07, 6.45) is 0.462. The molecule has 2 aromatic rings. The highest BCUT2D eigenvalue weighted by atomic mass is 16.5. The van der Waals surface area contributed by atoms with Gasteiger partial charge in [-0.15, -0.1) is 0 Å². The number of rotatable bonds is 10. The van der Waals surface area contributed by atoms with Crippen LogP contribution in [-0.2, 0) is 14.3 Å². The summed E-state index contributed by atoms with van der Waals surface area (Å²) < 4.78 is 5.56. The number of amides is 2. The van der Waals surface area contributed by atoms with Gasteiger partial charge in [0.05, 0.1) is 6.42 Å². The van der Waals surface area contributed by atoms with Crippen LogP contribution in [0.1, 0.15) is 57.1 Å². The van der Waals surface area contributed by atoms with Crippen LogP contribution in [0.3, 0.4) is 0 Å². The zero-order chi connectivity index (χ0) is 24.0. The number of hydrogen-bond donors (Lipinski definition) is 3. The molecule has 2 aromatic carbocycles. The molecule has 0 radical (unpaired) electrons. The zero-order valence-electron chi connectivity index (χ0n) is 19.3. The summed E-state index contributed by atoms with van der Waals surface area (Å²) >= 11 is 0. The Bertz CT molecular complexity index is 958. The van der Waals surface area contributed by atoms with E-state index in [9.17, 15) is 14.4 Å². The van der Waals surface area contributed by atoms with Crippen molar-refractivity contribution in [1.82, 2.24) is 10.6 Å². The van der Waals surface area contributed by atoms with Crippen molar-refractivity contribution in [3.8, 4) is 11.1 Å². The van der Waals surface area contributed by atoms with E-state index >= 15 is 0 Å². The van der Waals surface area contributed by atoms with Gasteiger partial charge in [-0.1, -0.05) is 75.7 Å². The quantitative estimate of drug-likeness (QED) is 0.498. The number of alkyl carbamates (subject to hydrolysis) is 1. The summed E-state index contributed by atoms with van der Waals surface area (Å²) in [7, 11) is 0. The topological polar surface area (TPSA) is 105 Å². The first-order valence-electron chi connectivity index (χ1n) is 11.5. The van der Waals surface area contributed by atoms with Crippen LogP contribution in [0.5, 0.6) is 0 Å². The molecule has 2 atom stereocenters. The van der Waals surface area contributed by atoms with Crippen molar-refractivity contribution in [2.75, 3.05) is 6.61 Å². The molecule has 0 aliphatic heterocycles. The summed E-state index contributed by atoms with van der Waals surface area (Å²) in [5.41, 5.74) is 4.50. The molecule has 0 bridgehead atoms. The second-order valence-corrected chi connectivity index (χ2v) is 8.78. The highest BCUT2D eigenvalue weighted by Gasteiger charge is 2.31. The molecule has 33 heavy (non-hydrogen) atoms. The second-order valence-electron chi connectivity index (χ2n) is 8.78. The van der Waals surface area contributed by atoms with Crippen molar-refractivity contribution in [1.29, 1.82) is 0 Å². The van der Waals surface area contributed by atoms with Crippen molar-refractivity contribution in [3.05, 3.63) is 59.7 Å². The Kier molecular flexibility index (Phi) is 8.09. The summed E-state index contributed by atoms with van der Waals surface area (Å²) in [6.45, 7) is 5.72. The number of ether oxygens (including phenoxy) is 1. The Morgan fingerprint density at radius 3 is 2.06 bits per heavy atom. The van der Waals surface area contributed by atoms with Gasteiger partial charge < -0.3 is 20.5 Å². The van der Waals surface area contributed by atoms with Crippen molar-refractivity contribution in [2.45, 2.75) is 58.0 Å². The van der Waals surface area contributed by atoms with Gasteiger partial charge in [0.15, 0.2) is 0 Å². The van der Waals surface area contributed by atoms with Gasteiger partial charge in [-0.05, 0) is 34.6 Å². The maximum atomic E-state index is 12.8. The molecule has 2 amide bonds. The molecule has 0 fully saturated rings. The van der Waals surface area contributed by atoms with Crippen LogP contribution in [0.15, 0.2) is 48.5 Å². The number of hydrogen-bond acceptors (Lipinski definition) is 4. The lowest BCUT2D eigenvalue weighted by Crippen LogP contribution is -2.52. The highest BCUT2D eigenvalue weighted by Crippen LogP contribution is 2.44. The van der Waals surface area contributed by atoms with E-state index in [1.807, 2.05) is 57.2 Å². The van der Waals surface area contributed by atoms with Gasteiger partial charge in [-0.3, -0.25) is 9.59 Å². The van der Waals surface area contributed by atoms with Crippen molar-refractivity contribution in [3.63, 3.8) is 0 Å². The second kappa shape index (κ2) is 11.0. The molecular weight excluding hydrogens is 420 g/mol. The largest absolute Gasteiger partial charge is 0.481 e. The number of benzene rings is 2. The van der Waals surface area contributed by atoms with E-state index in [2.05, 4.69) is 22.8 Å². The van der Waals surface area contributed by atoms with Gasteiger partial charge >= 0.3 is 12.1 Å². The number of carbonyl (C=O) groups is 3. The molecule has 0 unspecified atom stereocenters. The van der Waals surface area contributed by atoms with E-state index in [-0.39, 0.29) is 24.9 Å². The first-order chi connectivity index (χ1) is 15.8. The molecule has 3 rings (SSSR count). The number of carbonyl (C=O) groups excluding carboxylic acids is 2. The van der Waals surface area contributed by atoms with Crippen molar-refractivity contribution >= 4 is 18.0 Å². The van der Waals surface area contributed by atoms with Gasteiger partial charge in [0.1, 0.15) is 12.6 Å². The van der Waals surface area contributed by atoms with Gasteiger partial charge in [0.25, 0.3) is 0 Å². The number of carboxylic acid groups (broad SMARTS) is 1. The van der Waals surface area contributed by atoms with E-state index in [1.54, 1.807) is 0 Å². The van der Waals surface area contributed by atoms with E-state index < -0.39 is 30.1 Å². The molecular formula is C26H32N2O5. The maximum Gasteiger partial charge on any atom is 0.407 e. The molecule has 7 heteroatoms. The molecule has 0 heterocycles. The lowest BCUT2D eigenvalue weighted by Gasteiger charge is -2.25. The number of fused-ring (bicyclic) bond motifs is 3. The molecule has 3 N–H and O–H groups in total. The summed E-state index contributed by atoms with van der Waals surface area (Å²) in [6, 6.07) is 14.8. The summed E-state index contributed by atoms with van der Waals surface area (Å²) in [4.78, 5) is 36.5. The average Bonchev–Trinajstić information content (AvgIpc) is 3.09. The first-order valence-corrected chi connectivity index (χ1v) is 11.5. The minimum Gasteiger partial charge on any atom is -0.481 e. The van der Waals surface area contributed by atoms with E-state index in [0.717, 1.165) is 28.7 Å². The Labute approximate surface area is 194 Å². The predicted octanol–water partition coefficient (Wildman–Crippen LogP) is 4.31. The smallest absolute Gasteiger partial charge is 0.407 e. The Morgan fingerprint density at radius 2 is 1.55 bits per heavy atom. The number of nitrogens with one attached hydrogen (secondary N) is 2. The Morgan fingerprint density at radius 1 is 0.970 bits per heavy atom. The molecule has 1 aliphatic rings. The van der Waals surface area contributed by atoms with Crippen LogP contribution in [0, 0.1) is 5.92 Å². The first kappa shape index (κ1) is 24.3. The molecule has 7 nitrogen and oxygen atoms in total. The summed E-state index contributed by atoms with van der Waals surface area (Å²) in [5.74, 6) is -1.64.